The maximum Gasteiger partial charge on any atom is 0.134 e. The van der Waals surface area contributed by atoms with Crippen LogP contribution in [0.5, 0.6) is 5.75 Å². The minimum Gasteiger partial charge on any atom is -0.496 e. The molecule has 17 heavy (non-hydrogen) atoms. The van der Waals surface area contributed by atoms with Gasteiger partial charge in [-0.2, -0.15) is 0 Å². The molecule has 0 aliphatic carbocycles. The molecule has 0 heterocycles. The molecule has 2 nitrogen and oxygen atoms in total. The lowest BCUT2D eigenvalue weighted by atomic mass is 9.85. The maximum absolute atomic E-state index is 14.1. The van der Waals surface area contributed by atoms with E-state index in [0.29, 0.717) is 11.3 Å². The first-order chi connectivity index (χ1) is 7.59. The third-order valence-corrected chi connectivity index (χ3v) is 2.85. The van der Waals surface area contributed by atoms with Crippen LogP contribution >= 0.6 is 0 Å². The van der Waals surface area contributed by atoms with Gasteiger partial charge in [0.05, 0.1) is 7.11 Å². The fraction of sp³-hybridized carbons (Fsp3) is 0.571. The number of rotatable bonds is 3. The van der Waals surface area contributed by atoms with Crippen LogP contribution in [0, 0.1) is 6.92 Å². The Labute approximate surface area is 103 Å². The van der Waals surface area contributed by atoms with Gasteiger partial charge in [-0.25, -0.2) is 4.39 Å². The number of ether oxygens (including phenoxy) is 1. The molecule has 0 spiro atoms. The van der Waals surface area contributed by atoms with Gasteiger partial charge in [-0.3, -0.25) is 0 Å². The van der Waals surface area contributed by atoms with Gasteiger partial charge in [-0.15, -0.1) is 0 Å². The molecule has 1 aromatic rings. The third kappa shape index (κ3) is 2.78. The number of hydrogen-bond donors (Lipinski definition) is 1. The van der Waals surface area contributed by atoms with Crippen LogP contribution in [0.1, 0.15) is 44.4 Å². The van der Waals surface area contributed by atoms with Crippen LogP contribution in [0.3, 0.4) is 0 Å². The number of hydrogen-bond acceptors (Lipinski definition) is 2. The summed E-state index contributed by atoms with van der Waals surface area (Å²) in [5, 5.41) is 0. The van der Waals surface area contributed by atoms with Gasteiger partial charge in [-0.05, 0) is 40.2 Å². The topological polar surface area (TPSA) is 35.2 Å². The van der Waals surface area contributed by atoms with Gasteiger partial charge in [-0.1, -0.05) is 12.1 Å². The van der Waals surface area contributed by atoms with Crippen LogP contribution in [-0.2, 0) is 11.2 Å². The molecule has 0 aromatic heterocycles. The molecule has 0 fully saturated rings. The van der Waals surface area contributed by atoms with Crippen molar-refractivity contribution in [3.63, 3.8) is 0 Å². The predicted octanol–water partition coefficient (Wildman–Crippen LogP) is 3.40. The van der Waals surface area contributed by atoms with Crippen LogP contribution in [-0.4, -0.2) is 7.11 Å². The summed E-state index contributed by atoms with van der Waals surface area (Å²) in [4.78, 5) is 0. The van der Waals surface area contributed by atoms with E-state index in [-0.39, 0.29) is 0 Å². The Morgan fingerprint density at radius 2 is 1.71 bits per heavy atom. The van der Waals surface area contributed by atoms with E-state index >= 15 is 0 Å². The molecule has 0 unspecified atom stereocenters. The monoisotopic (exact) mass is 239 g/mol. The molecular weight excluding hydrogens is 217 g/mol. The molecule has 0 amide bonds. The molecular formula is C14H22FNO. The second-order valence-corrected chi connectivity index (χ2v) is 5.53. The van der Waals surface area contributed by atoms with E-state index in [1.807, 2.05) is 26.8 Å². The van der Waals surface area contributed by atoms with Crippen molar-refractivity contribution in [2.75, 3.05) is 7.11 Å². The molecule has 0 saturated carbocycles. The highest BCUT2D eigenvalue weighted by molar-refractivity contribution is 5.51. The van der Waals surface area contributed by atoms with Crippen molar-refractivity contribution in [2.24, 2.45) is 5.73 Å². The van der Waals surface area contributed by atoms with Gasteiger partial charge in [0.2, 0.25) is 0 Å². The van der Waals surface area contributed by atoms with E-state index in [0.717, 1.165) is 11.1 Å². The number of alkyl halides is 1. The Bertz CT molecular complexity index is 413. The SMILES string of the molecule is COc1c(C(C)(C)F)ccc(C)c1C(C)(C)N. The summed E-state index contributed by atoms with van der Waals surface area (Å²) >= 11 is 0. The van der Waals surface area contributed by atoms with Crippen molar-refractivity contribution in [1.82, 2.24) is 0 Å². The first kappa shape index (κ1) is 14.0. The molecule has 1 aromatic carbocycles. The number of nitrogens with two attached hydrogens (primary N) is 1. The van der Waals surface area contributed by atoms with Crippen LogP contribution in [0.4, 0.5) is 4.39 Å². The normalized spacial score (nSPS) is 12.7. The summed E-state index contributed by atoms with van der Waals surface area (Å²) in [5.41, 5.74) is 6.56. The van der Waals surface area contributed by atoms with Crippen LogP contribution < -0.4 is 10.5 Å². The second kappa shape index (κ2) is 4.30. The Kier molecular flexibility index (Phi) is 3.53. The lowest BCUT2D eigenvalue weighted by molar-refractivity contribution is 0.212. The lowest BCUT2D eigenvalue weighted by Crippen LogP contribution is -2.31. The van der Waals surface area contributed by atoms with Crippen molar-refractivity contribution >= 4 is 0 Å². The van der Waals surface area contributed by atoms with Gasteiger partial charge in [0, 0.05) is 16.7 Å². The Balaban J connectivity index is 3.60. The van der Waals surface area contributed by atoms with Gasteiger partial charge in [0.25, 0.3) is 0 Å². The molecule has 2 N–H and O–H groups in total. The number of benzene rings is 1. The van der Waals surface area contributed by atoms with Crippen LogP contribution in [0.25, 0.3) is 0 Å². The smallest absolute Gasteiger partial charge is 0.134 e. The molecule has 0 radical (unpaired) electrons. The fourth-order valence-electron chi connectivity index (χ4n) is 2.16. The average Bonchev–Trinajstić information content (AvgIpc) is 2.12. The minimum atomic E-state index is -1.45. The van der Waals surface area contributed by atoms with Gasteiger partial charge >= 0.3 is 0 Å². The predicted molar refractivity (Wildman–Crippen MR) is 69.1 cm³/mol. The summed E-state index contributed by atoms with van der Waals surface area (Å²) in [5.74, 6) is 0.560. The molecule has 0 aliphatic heterocycles. The van der Waals surface area contributed by atoms with Crippen LogP contribution in [0.15, 0.2) is 12.1 Å². The zero-order valence-electron chi connectivity index (χ0n) is 11.5. The summed E-state index contributed by atoms with van der Waals surface area (Å²) in [6.07, 6.45) is 0. The Hall–Kier alpha value is -1.09. The molecule has 1 rings (SSSR count). The number of aryl methyl sites for hydroxylation is 1. The highest BCUT2D eigenvalue weighted by Crippen LogP contribution is 2.40. The van der Waals surface area contributed by atoms with E-state index in [9.17, 15) is 4.39 Å². The van der Waals surface area contributed by atoms with E-state index in [4.69, 9.17) is 10.5 Å². The summed E-state index contributed by atoms with van der Waals surface area (Å²) in [6.45, 7) is 8.79. The molecule has 3 heteroatoms. The average molecular weight is 239 g/mol. The van der Waals surface area contributed by atoms with E-state index < -0.39 is 11.2 Å². The molecule has 96 valence electrons. The first-order valence-electron chi connectivity index (χ1n) is 5.75. The molecule has 0 atom stereocenters. The number of halogens is 1. The van der Waals surface area contributed by atoms with E-state index in [2.05, 4.69) is 0 Å². The van der Waals surface area contributed by atoms with E-state index in [1.165, 1.54) is 13.8 Å². The van der Waals surface area contributed by atoms with Crippen LogP contribution in [0.2, 0.25) is 0 Å². The zero-order chi connectivity index (χ0) is 13.4. The molecule has 0 bridgehead atoms. The highest BCUT2D eigenvalue weighted by atomic mass is 19.1. The largest absolute Gasteiger partial charge is 0.496 e. The summed E-state index contributed by atoms with van der Waals surface area (Å²) in [7, 11) is 1.55. The molecule has 0 saturated heterocycles. The third-order valence-electron chi connectivity index (χ3n) is 2.85. The summed E-state index contributed by atoms with van der Waals surface area (Å²) < 4.78 is 19.5. The Morgan fingerprint density at radius 3 is 2.06 bits per heavy atom. The molecule has 0 aliphatic rings. The second-order valence-electron chi connectivity index (χ2n) is 5.53. The minimum absolute atomic E-state index is 0.541. The van der Waals surface area contributed by atoms with Crippen molar-refractivity contribution in [1.29, 1.82) is 0 Å². The maximum atomic E-state index is 14.1. The van der Waals surface area contributed by atoms with Gasteiger partial charge in [0.1, 0.15) is 11.4 Å². The zero-order valence-corrected chi connectivity index (χ0v) is 11.5. The van der Waals surface area contributed by atoms with E-state index in [1.54, 1.807) is 13.2 Å². The Morgan fingerprint density at radius 1 is 1.18 bits per heavy atom. The van der Waals surface area contributed by atoms with Gasteiger partial charge in [0.15, 0.2) is 0 Å². The van der Waals surface area contributed by atoms with Crippen molar-refractivity contribution in [3.05, 3.63) is 28.8 Å². The highest BCUT2D eigenvalue weighted by Gasteiger charge is 2.30. The van der Waals surface area contributed by atoms with Gasteiger partial charge < -0.3 is 10.5 Å². The van der Waals surface area contributed by atoms with Crippen molar-refractivity contribution < 1.29 is 9.13 Å². The lowest BCUT2D eigenvalue weighted by Gasteiger charge is -2.28. The fourth-order valence-corrected chi connectivity index (χ4v) is 2.16. The summed E-state index contributed by atoms with van der Waals surface area (Å²) in [6, 6.07) is 3.66. The standard InChI is InChI=1S/C14H22FNO/c1-9-7-8-10(13(2,3)15)12(17-6)11(9)14(4,5)16/h7-8H,16H2,1-6H3. The number of methoxy groups -OCH3 is 1. The van der Waals surface area contributed by atoms with Crippen molar-refractivity contribution in [3.8, 4) is 5.75 Å². The van der Waals surface area contributed by atoms with Crippen molar-refractivity contribution in [2.45, 2.75) is 45.8 Å². The first-order valence-corrected chi connectivity index (χ1v) is 5.75. The quantitative estimate of drug-likeness (QED) is 0.877.